The van der Waals surface area contributed by atoms with E-state index in [1.807, 2.05) is 18.8 Å². The van der Waals surface area contributed by atoms with Crippen molar-refractivity contribution in [3.05, 3.63) is 35.9 Å². The summed E-state index contributed by atoms with van der Waals surface area (Å²) in [4.78, 5) is 6.52. The Morgan fingerprint density at radius 1 is 1.24 bits per heavy atom. The Bertz CT molecular complexity index is 406. The second-order valence-corrected chi connectivity index (χ2v) is 6.17. The molecule has 21 heavy (non-hydrogen) atoms. The van der Waals surface area contributed by atoms with Gasteiger partial charge in [-0.25, -0.2) is 0 Å². The van der Waals surface area contributed by atoms with Crippen LogP contribution >= 0.6 is 11.8 Å². The van der Waals surface area contributed by atoms with E-state index in [1.165, 1.54) is 5.56 Å². The minimum absolute atomic E-state index is 0.437. The molecule has 0 bridgehead atoms. The molecular formula is C16H28N4S. The van der Waals surface area contributed by atoms with Gasteiger partial charge < -0.3 is 15.5 Å². The zero-order valence-electron chi connectivity index (χ0n) is 13.6. The Morgan fingerprint density at radius 2 is 1.95 bits per heavy atom. The quantitative estimate of drug-likeness (QED) is 0.435. The first kappa shape index (κ1) is 17.9. The van der Waals surface area contributed by atoms with Gasteiger partial charge in [-0.2, -0.15) is 11.8 Å². The molecule has 1 aromatic carbocycles. The highest BCUT2D eigenvalue weighted by molar-refractivity contribution is 7.98. The number of hydrogen-bond donors (Lipinski definition) is 2. The van der Waals surface area contributed by atoms with Crippen molar-refractivity contribution < 1.29 is 0 Å². The lowest BCUT2D eigenvalue weighted by Gasteiger charge is -2.25. The van der Waals surface area contributed by atoms with Crippen LogP contribution in [0.25, 0.3) is 0 Å². The first-order chi connectivity index (χ1) is 10.2. The Morgan fingerprint density at radius 3 is 2.52 bits per heavy atom. The van der Waals surface area contributed by atoms with E-state index in [0.717, 1.165) is 31.2 Å². The number of aliphatic imine (C=N–C) groups is 1. The lowest BCUT2D eigenvalue weighted by Crippen LogP contribution is -2.46. The second kappa shape index (κ2) is 10.5. The smallest absolute Gasteiger partial charge is 0.191 e. The highest BCUT2D eigenvalue weighted by atomic mass is 32.2. The lowest BCUT2D eigenvalue weighted by molar-refractivity contribution is 0.290. The van der Waals surface area contributed by atoms with Crippen LogP contribution in [0, 0.1) is 0 Å². The number of nitrogens with zero attached hydrogens (tertiary/aromatic N) is 2. The maximum atomic E-state index is 4.26. The Labute approximate surface area is 133 Å². The van der Waals surface area contributed by atoms with Crippen molar-refractivity contribution in [2.45, 2.75) is 12.5 Å². The van der Waals surface area contributed by atoms with Crippen LogP contribution in [-0.4, -0.2) is 63.1 Å². The summed E-state index contributed by atoms with van der Waals surface area (Å²) in [5.41, 5.74) is 1.36. The molecule has 0 aliphatic heterocycles. The first-order valence-electron chi connectivity index (χ1n) is 7.31. The number of hydrogen-bond acceptors (Lipinski definition) is 3. The fraction of sp³-hybridized carbons (Fsp3) is 0.562. The molecule has 1 aromatic rings. The predicted molar refractivity (Wildman–Crippen MR) is 95.4 cm³/mol. The number of nitrogens with one attached hydrogen (secondary N) is 2. The normalized spacial score (nSPS) is 13.3. The number of benzene rings is 1. The van der Waals surface area contributed by atoms with E-state index in [-0.39, 0.29) is 0 Å². The molecule has 5 heteroatoms. The second-order valence-electron chi connectivity index (χ2n) is 5.18. The minimum Gasteiger partial charge on any atom is -0.356 e. The van der Waals surface area contributed by atoms with Crippen molar-refractivity contribution in [3.8, 4) is 0 Å². The summed E-state index contributed by atoms with van der Waals surface area (Å²) >= 11 is 1.83. The van der Waals surface area contributed by atoms with Gasteiger partial charge in [-0.05, 0) is 32.3 Å². The molecule has 1 rings (SSSR count). The fourth-order valence-corrected chi connectivity index (χ4v) is 2.34. The molecule has 0 saturated heterocycles. The van der Waals surface area contributed by atoms with Crippen LogP contribution in [0.5, 0.6) is 0 Å². The van der Waals surface area contributed by atoms with Gasteiger partial charge in [-0.3, -0.25) is 4.99 Å². The summed E-state index contributed by atoms with van der Waals surface area (Å²) in [6.45, 7) is 1.81. The van der Waals surface area contributed by atoms with Gasteiger partial charge in [0.05, 0.1) is 0 Å². The summed E-state index contributed by atoms with van der Waals surface area (Å²) in [5, 5.41) is 6.75. The molecule has 0 saturated carbocycles. The number of likely N-dealkylation sites (N-methyl/N-ethyl adjacent to an activating group) is 1. The molecule has 0 aliphatic rings. The van der Waals surface area contributed by atoms with E-state index in [1.54, 1.807) is 0 Å². The van der Waals surface area contributed by atoms with Crippen molar-refractivity contribution in [2.75, 3.05) is 46.2 Å². The topological polar surface area (TPSA) is 39.7 Å². The van der Waals surface area contributed by atoms with E-state index < -0.39 is 0 Å². The zero-order chi connectivity index (χ0) is 15.5. The third-order valence-corrected chi connectivity index (χ3v) is 3.98. The van der Waals surface area contributed by atoms with Gasteiger partial charge >= 0.3 is 0 Å². The molecule has 4 nitrogen and oxygen atoms in total. The molecule has 0 fully saturated rings. The van der Waals surface area contributed by atoms with E-state index in [9.17, 15) is 0 Å². The van der Waals surface area contributed by atoms with Crippen LogP contribution in [0.4, 0.5) is 0 Å². The molecule has 0 radical (unpaired) electrons. The van der Waals surface area contributed by atoms with Crippen LogP contribution in [0.2, 0.25) is 0 Å². The van der Waals surface area contributed by atoms with Crippen molar-refractivity contribution >= 4 is 17.7 Å². The van der Waals surface area contributed by atoms with E-state index in [4.69, 9.17) is 0 Å². The molecule has 0 aliphatic carbocycles. The number of rotatable bonds is 8. The maximum absolute atomic E-state index is 4.26. The fourth-order valence-electron chi connectivity index (χ4n) is 2.03. The molecule has 1 atom stereocenters. The number of guanidine groups is 1. The van der Waals surface area contributed by atoms with Gasteiger partial charge in [0, 0.05) is 31.9 Å². The molecule has 2 N–H and O–H groups in total. The maximum Gasteiger partial charge on any atom is 0.191 e. The summed E-state index contributed by atoms with van der Waals surface area (Å²) in [6, 6.07) is 11.1. The predicted octanol–water partition coefficient (Wildman–Crippen LogP) is 1.69. The van der Waals surface area contributed by atoms with Gasteiger partial charge in [0.2, 0.25) is 0 Å². The standard InChI is InChI=1S/C16H28N4S/c1-17-16(18-10-11-21-4)19-13-15(20(2)3)12-14-8-6-5-7-9-14/h5-9,15H,10-13H2,1-4H3,(H2,17,18,19). The highest BCUT2D eigenvalue weighted by Gasteiger charge is 2.12. The average Bonchev–Trinajstić information content (AvgIpc) is 2.50. The third kappa shape index (κ3) is 7.39. The summed E-state index contributed by atoms with van der Waals surface area (Å²) in [5.74, 6) is 1.96. The van der Waals surface area contributed by atoms with Gasteiger partial charge in [0.1, 0.15) is 0 Å². The number of thioether (sulfide) groups is 1. The van der Waals surface area contributed by atoms with Gasteiger partial charge in [-0.15, -0.1) is 0 Å². The van der Waals surface area contributed by atoms with Crippen molar-refractivity contribution in [1.29, 1.82) is 0 Å². The molecule has 0 heterocycles. The summed E-state index contributed by atoms with van der Waals surface area (Å²) < 4.78 is 0. The van der Waals surface area contributed by atoms with Crippen LogP contribution in [0.15, 0.2) is 35.3 Å². The third-order valence-electron chi connectivity index (χ3n) is 3.37. The SMILES string of the molecule is CN=C(NCCSC)NCC(Cc1ccccc1)N(C)C. The summed E-state index contributed by atoms with van der Waals surface area (Å²) in [7, 11) is 6.06. The Kier molecular flexibility index (Phi) is 8.94. The van der Waals surface area contributed by atoms with Crippen LogP contribution in [0.3, 0.4) is 0 Å². The van der Waals surface area contributed by atoms with Crippen molar-refractivity contribution in [3.63, 3.8) is 0 Å². The van der Waals surface area contributed by atoms with Crippen LogP contribution in [0.1, 0.15) is 5.56 Å². The molecule has 0 aromatic heterocycles. The molecule has 0 spiro atoms. The van der Waals surface area contributed by atoms with Crippen LogP contribution < -0.4 is 10.6 Å². The van der Waals surface area contributed by atoms with Gasteiger partial charge in [-0.1, -0.05) is 30.3 Å². The van der Waals surface area contributed by atoms with Crippen LogP contribution in [-0.2, 0) is 6.42 Å². The van der Waals surface area contributed by atoms with E-state index in [2.05, 4.69) is 71.2 Å². The van der Waals surface area contributed by atoms with E-state index >= 15 is 0 Å². The zero-order valence-corrected chi connectivity index (χ0v) is 14.4. The highest BCUT2D eigenvalue weighted by Crippen LogP contribution is 2.06. The monoisotopic (exact) mass is 308 g/mol. The lowest BCUT2D eigenvalue weighted by atomic mass is 10.1. The van der Waals surface area contributed by atoms with Crippen molar-refractivity contribution in [2.24, 2.45) is 4.99 Å². The Balaban J connectivity index is 2.47. The molecular weight excluding hydrogens is 280 g/mol. The van der Waals surface area contributed by atoms with E-state index in [0.29, 0.717) is 6.04 Å². The largest absolute Gasteiger partial charge is 0.356 e. The molecule has 118 valence electrons. The molecule has 0 amide bonds. The Hall–Kier alpha value is -1.20. The minimum atomic E-state index is 0.437. The van der Waals surface area contributed by atoms with Gasteiger partial charge in [0.15, 0.2) is 5.96 Å². The average molecular weight is 308 g/mol. The first-order valence-corrected chi connectivity index (χ1v) is 8.70. The van der Waals surface area contributed by atoms with Crippen molar-refractivity contribution in [1.82, 2.24) is 15.5 Å². The van der Waals surface area contributed by atoms with Gasteiger partial charge in [0.25, 0.3) is 0 Å². The summed E-state index contributed by atoms with van der Waals surface area (Å²) in [6.07, 6.45) is 3.14. The molecule has 1 unspecified atom stereocenters.